The van der Waals surface area contributed by atoms with E-state index in [9.17, 15) is 0 Å². The Morgan fingerprint density at radius 2 is 1.86 bits per heavy atom. The molecule has 0 aromatic heterocycles. The Hall–Kier alpha value is -1.04. The van der Waals surface area contributed by atoms with Crippen molar-refractivity contribution in [3.63, 3.8) is 0 Å². The Balaban J connectivity index is 2.69. The summed E-state index contributed by atoms with van der Waals surface area (Å²) in [7, 11) is 0. The summed E-state index contributed by atoms with van der Waals surface area (Å²) >= 11 is 0. The largest absolute Gasteiger partial charge is 0.0718 e. The van der Waals surface area contributed by atoms with Crippen LogP contribution in [0.25, 0.3) is 6.08 Å². The summed E-state index contributed by atoms with van der Waals surface area (Å²) in [6.45, 7) is 9.10. The molecule has 0 atom stereocenters. The molecule has 0 fully saturated rings. The standard InChI is InChI=1S/C14H18/c1-10-8-12-11(2)6-5-7-13(12)14(3,4)9-10/h5-8H,9H2,1-4H3. The molecule has 74 valence electrons. The fraction of sp³-hybridized carbons (Fsp3) is 0.429. The number of aryl methyl sites for hydroxylation is 1. The highest BCUT2D eigenvalue weighted by Crippen LogP contribution is 2.39. The van der Waals surface area contributed by atoms with Gasteiger partial charge in [0.25, 0.3) is 0 Å². The zero-order valence-electron chi connectivity index (χ0n) is 9.52. The predicted octanol–water partition coefficient (Wildman–Crippen LogP) is 4.08. The second-order valence-electron chi connectivity index (χ2n) is 5.09. The Labute approximate surface area is 86.7 Å². The van der Waals surface area contributed by atoms with Gasteiger partial charge in [-0.15, -0.1) is 0 Å². The molecule has 0 nitrogen and oxygen atoms in total. The van der Waals surface area contributed by atoms with Gasteiger partial charge in [-0.2, -0.15) is 0 Å². The molecule has 0 radical (unpaired) electrons. The maximum Gasteiger partial charge on any atom is -0.00604 e. The van der Waals surface area contributed by atoms with Crippen molar-refractivity contribution in [1.82, 2.24) is 0 Å². The molecule has 14 heavy (non-hydrogen) atoms. The van der Waals surface area contributed by atoms with Crippen LogP contribution in [0.3, 0.4) is 0 Å². The minimum atomic E-state index is 0.306. The average molecular weight is 186 g/mol. The quantitative estimate of drug-likeness (QED) is 0.572. The third-order valence-corrected chi connectivity index (χ3v) is 3.16. The molecule has 0 heterocycles. The summed E-state index contributed by atoms with van der Waals surface area (Å²) in [5.74, 6) is 0. The molecule has 0 aliphatic heterocycles. The van der Waals surface area contributed by atoms with Gasteiger partial charge >= 0.3 is 0 Å². The van der Waals surface area contributed by atoms with Crippen molar-refractivity contribution in [3.05, 3.63) is 40.5 Å². The number of hydrogen-bond acceptors (Lipinski definition) is 0. The minimum absolute atomic E-state index is 0.306. The average Bonchev–Trinajstić information content (AvgIpc) is 2.05. The summed E-state index contributed by atoms with van der Waals surface area (Å²) in [6, 6.07) is 6.64. The first kappa shape index (κ1) is 9.51. The highest BCUT2D eigenvalue weighted by Gasteiger charge is 2.27. The van der Waals surface area contributed by atoms with Crippen molar-refractivity contribution in [2.75, 3.05) is 0 Å². The zero-order valence-corrected chi connectivity index (χ0v) is 9.52. The van der Waals surface area contributed by atoms with Crippen molar-refractivity contribution in [1.29, 1.82) is 0 Å². The first-order valence-electron chi connectivity index (χ1n) is 5.28. The SMILES string of the molecule is CC1=Cc2c(C)cccc2C(C)(C)C1. The molecule has 0 N–H and O–H groups in total. The summed E-state index contributed by atoms with van der Waals surface area (Å²) in [5.41, 5.74) is 6.15. The molecule has 0 heteroatoms. The molecule has 0 bridgehead atoms. The molecule has 0 amide bonds. The Morgan fingerprint density at radius 1 is 1.14 bits per heavy atom. The van der Waals surface area contributed by atoms with Gasteiger partial charge in [0.2, 0.25) is 0 Å². The van der Waals surface area contributed by atoms with E-state index in [1.807, 2.05) is 0 Å². The Morgan fingerprint density at radius 3 is 2.57 bits per heavy atom. The van der Waals surface area contributed by atoms with Crippen molar-refractivity contribution in [2.45, 2.75) is 39.5 Å². The summed E-state index contributed by atoms with van der Waals surface area (Å²) < 4.78 is 0. The highest BCUT2D eigenvalue weighted by molar-refractivity contribution is 5.64. The van der Waals surface area contributed by atoms with Crippen LogP contribution in [0.5, 0.6) is 0 Å². The van der Waals surface area contributed by atoms with Crippen LogP contribution < -0.4 is 0 Å². The number of fused-ring (bicyclic) bond motifs is 1. The van der Waals surface area contributed by atoms with E-state index < -0.39 is 0 Å². The van der Waals surface area contributed by atoms with E-state index in [1.165, 1.54) is 28.7 Å². The van der Waals surface area contributed by atoms with Gasteiger partial charge in [0.15, 0.2) is 0 Å². The Bertz CT molecular complexity index is 394. The van der Waals surface area contributed by atoms with Gasteiger partial charge in [-0.25, -0.2) is 0 Å². The van der Waals surface area contributed by atoms with Crippen LogP contribution in [0.2, 0.25) is 0 Å². The molecule has 0 unspecified atom stereocenters. The van der Waals surface area contributed by atoms with Gasteiger partial charge in [-0.05, 0) is 42.4 Å². The number of hydrogen-bond donors (Lipinski definition) is 0. The van der Waals surface area contributed by atoms with Crippen LogP contribution in [0.4, 0.5) is 0 Å². The topological polar surface area (TPSA) is 0 Å². The van der Waals surface area contributed by atoms with E-state index >= 15 is 0 Å². The van der Waals surface area contributed by atoms with E-state index in [-0.39, 0.29) is 0 Å². The van der Waals surface area contributed by atoms with Gasteiger partial charge in [-0.3, -0.25) is 0 Å². The first-order valence-corrected chi connectivity index (χ1v) is 5.28. The molecule has 0 saturated heterocycles. The van der Waals surface area contributed by atoms with E-state index in [1.54, 1.807) is 0 Å². The van der Waals surface area contributed by atoms with Gasteiger partial charge in [0.05, 0.1) is 0 Å². The van der Waals surface area contributed by atoms with Crippen molar-refractivity contribution in [3.8, 4) is 0 Å². The third-order valence-electron chi connectivity index (χ3n) is 3.16. The molecule has 1 aromatic carbocycles. The lowest BCUT2D eigenvalue weighted by molar-refractivity contribution is 0.513. The van der Waals surface area contributed by atoms with E-state index in [0.717, 1.165) is 0 Å². The summed E-state index contributed by atoms with van der Waals surface area (Å²) in [4.78, 5) is 0. The van der Waals surface area contributed by atoms with Gasteiger partial charge in [0, 0.05) is 0 Å². The molecular formula is C14H18. The summed E-state index contributed by atoms with van der Waals surface area (Å²) in [5, 5.41) is 0. The number of benzene rings is 1. The maximum atomic E-state index is 2.34. The van der Waals surface area contributed by atoms with Crippen molar-refractivity contribution >= 4 is 6.08 Å². The summed E-state index contributed by atoms with van der Waals surface area (Å²) in [6.07, 6.45) is 3.53. The number of rotatable bonds is 0. The van der Waals surface area contributed by atoms with Crippen LogP contribution in [0.1, 0.15) is 43.9 Å². The van der Waals surface area contributed by atoms with Crippen LogP contribution in [0.15, 0.2) is 23.8 Å². The zero-order chi connectivity index (χ0) is 10.3. The molecule has 2 rings (SSSR count). The number of allylic oxidation sites excluding steroid dienone is 1. The molecule has 0 spiro atoms. The fourth-order valence-corrected chi connectivity index (χ4v) is 2.55. The van der Waals surface area contributed by atoms with E-state index in [2.05, 4.69) is 52.0 Å². The van der Waals surface area contributed by atoms with Gasteiger partial charge in [0.1, 0.15) is 0 Å². The molecule has 1 aliphatic rings. The van der Waals surface area contributed by atoms with E-state index in [0.29, 0.717) is 5.41 Å². The second kappa shape index (κ2) is 2.98. The predicted molar refractivity (Wildman–Crippen MR) is 62.5 cm³/mol. The minimum Gasteiger partial charge on any atom is -0.0718 e. The third kappa shape index (κ3) is 1.39. The molecule has 1 aromatic rings. The monoisotopic (exact) mass is 186 g/mol. The highest BCUT2D eigenvalue weighted by atomic mass is 14.3. The van der Waals surface area contributed by atoms with Crippen LogP contribution in [0, 0.1) is 6.92 Å². The van der Waals surface area contributed by atoms with Crippen molar-refractivity contribution < 1.29 is 0 Å². The molecule has 0 saturated carbocycles. The lowest BCUT2D eigenvalue weighted by atomic mass is 9.72. The van der Waals surface area contributed by atoms with Crippen LogP contribution in [-0.4, -0.2) is 0 Å². The van der Waals surface area contributed by atoms with Crippen LogP contribution in [-0.2, 0) is 5.41 Å². The normalized spacial score (nSPS) is 18.7. The molecular weight excluding hydrogens is 168 g/mol. The fourth-order valence-electron chi connectivity index (χ4n) is 2.55. The lowest BCUT2D eigenvalue weighted by Gasteiger charge is -2.32. The maximum absolute atomic E-state index is 2.34. The van der Waals surface area contributed by atoms with Crippen molar-refractivity contribution in [2.24, 2.45) is 0 Å². The second-order valence-corrected chi connectivity index (χ2v) is 5.09. The molecule has 1 aliphatic carbocycles. The van der Waals surface area contributed by atoms with E-state index in [4.69, 9.17) is 0 Å². The Kier molecular flexibility index (Phi) is 2.02. The van der Waals surface area contributed by atoms with Gasteiger partial charge < -0.3 is 0 Å². The van der Waals surface area contributed by atoms with Crippen LogP contribution >= 0.6 is 0 Å². The lowest BCUT2D eigenvalue weighted by Crippen LogP contribution is -2.22. The smallest absolute Gasteiger partial charge is 0.00604 e. The van der Waals surface area contributed by atoms with Gasteiger partial charge in [-0.1, -0.05) is 43.7 Å². The first-order chi connectivity index (χ1) is 6.50.